The number of benzene rings is 1. The van der Waals surface area contributed by atoms with Gasteiger partial charge >= 0.3 is 0 Å². The first-order valence-electron chi connectivity index (χ1n) is 8.83. The molecule has 2 N–H and O–H groups in total. The summed E-state index contributed by atoms with van der Waals surface area (Å²) in [5.74, 6) is -0.815. The molecule has 0 fully saturated rings. The standard InChI is InChI=1S/C19H22FN3O4/c1-12(25)21-10-15-9-18(22-27-15)14-2-3-16(17(20)8-14)13-4-6-23(7-5-13)19(26)11-24/h2-4,8,15,24H,5-7,9-11H2,1H3,(H,21,25)/t15-/m1/s1. The highest BCUT2D eigenvalue weighted by Crippen LogP contribution is 2.27. The fourth-order valence-corrected chi connectivity index (χ4v) is 3.16. The number of halogens is 1. The summed E-state index contributed by atoms with van der Waals surface area (Å²) in [5, 5.41) is 15.6. The van der Waals surface area contributed by atoms with Gasteiger partial charge in [-0.2, -0.15) is 0 Å². The number of aliphatic hydroxyl groups is 1. The van der Waals surface area contributed by atoms with E-state index in [0.717, 1.165) is 5.57 Å². The Balaban J connectivity index is 1.66. The molecule has 8 heteroatoms. The summed E-state index contributed by atoms with van der Waals surface area (Å²) in [5.41, 5.74) is 2.64. The Bertz CT molecular complexity index is 806. The highest BCUT2D eigenvalue weighted by molar-refractivity contribution is 6.01. The first-order chi connectivity index (χ1) is 13.0. The maximum Gasteiger partial charge on any atom is 0.248 e. The minimum absolute atomic E-state index is 0.137. The van der Waals surface area contributed by atoms with E-state index in [-0.39, 0.29) is 23.7 Å². The zero-order chi connectivity index (χ0) is 19.4. The lowest BCUT2D eigenvalue weighted by atomic mass is 9.96. The minimum Gasteiger partial charge on any atom is -0.390 e. The molecule has 0 aromatic heterocycles. The Kier molecular flexibility index (Phi) is 5.85. The molecule has 2 heterocycles. The van der Waals surface area contributed by atoms with Gasteiger partial charge < -0.3 is 20.2 Å². The van der Waals surface area contributed by atoms with Crippen molar-refractivity contribution in [2.24, 2.45) is 5.16 Å². The number of carbonyl (C=O) groups excluding carboxylic acids is 2. The number of nitrogens with one attached hydrogen (secondary N) is 1. The van der Waals surface area contributed by atoms with Gasteiger partial charge in [0, 0.05) is 37.6 Å². The average Bonchev–Trinajstić information content (AvgIpc) is 3.15. The van der Waals surface area contributed by atoms with E-state index in [1.54, 1.807) is 12.1 Å². The topological polar surface area (TPSA) is 91.2 Å². The van der Waals surface area contributed by atoms with Gasteiger partial charge in [-0.05, 0) is 18.1 Å². The molecular formula is C19H22FN3O4. The Morgan fingerprint density at radius 1 is 1.44 bits per heavy atom. The molecule has 1 aromatic rings. The van der Waals surface area contributed by atoms with Gasteiger partial charge in [-0.15, -0.1) is 0 Å². The lowest BCUT2D eigenvalue weighted by Gasteiger charge is -2.26. The van der Waals surface area contributed by atoms with Crippen LogP contribution in [0.25, 0.3) is 5.57 Å². The van der Waals surface area contributed by atoms with E-state index in [9.17, 15) is 14.0 Å². The summed E-state index contributed by atoms with van der Waals surface area (Å²) in [7, 11) is 0. The molecule has 0 radical (unpaired) electrons. The summed E-state index contributed by atoms with van der Waals surface area (Å²) in [6, 6.07) is 4.95. The molecule has 2 amide bonds. The summed E-state index contributed by atoms with van der Waals surface area (Å²) < 4.78 is 14.6. The number of hydrogen-bond acceptors (Lipinski definition) is 5. The third kappa shape index (κ3) is 4.51. The van der Waals surface area contributed by atoms with Crippen LogP contribution >= 0.6 is 0 Å². The molecule has 0 unspecified atom stereocenters. The molecule has 0 saturated heterocycles. The van der Waals surface area contributed by atoms with Gasteiger partial charge in [0.1, 0.15) is 18.5 Å². The zero-order valence-corrected chi connectivity index (χ0v) is 15.1. The van der Waals surface area contributed by atoms with E-state index < -0.39 is 6.61 Å². The Morgan fingerprint density at radius 2 is 2.26 bits per heavy atom. The lowest BCUT2D eigenvalue weighted by molar-refractivity contribution is -0.133. The first-order valence-corrected chi connectivity index (χ1v) is 8.83. The molecule has 0 spiro atoms. The van der Waals surface area contributed by atoms with Crippen LogP contribution in [-0.4, -0.2) is 59.9 Å². The van der Waals surface area contributed by atoms with Crippen LogP contribution in [0.1, 0.15) is 30.9 Å². The van der Waals surface area contributed by atoms with E-state index in [4.69, 9.17) is 9.94 Å². The van der Waals surface area contributed by atoms with E-state index in [0.29, 0.717) is 49.3 Å². The fraction of sp³-hybridized carbons (Fsp3) is 0.421. The predicted octanol–water partition coefficient (Wildman–Crippen LogP) is 1.06. The van der Waals surface area contributed by atoms with Crippen LogP contribution in [0, 0.1) is 5.82 Å². The molecule has 2 aliphatic rings. The normalized spacial score (nSPS) is 19.2. The molecule has 0 saturated carbocycles. The monoisotopic (exact) mass is 375 g/mol. The first kappa shape index (κ1) is 19.0. The van der Waals surface area contributed by atoms with Gasteiger partial charge in [0.2, 0.25) is 11.8 Å². The van der Waals surface area contributed by atoms with Crippen molar-refractivity contribution in [2.75, 3.05) is 26.2 Å². The van der Waals surface area contributed by atoms with Gasteiger partial charge in [0.25, 0.3) is 0 Å². The van der Waals surface area contributed by atoms with Crippen molar-refractivity contribution in [1.82, 2.24) is 10.2 Å². The van der Waals surface area contributed by atoms with E-state index >= 15 is 0 Å². The number of carbonyl (C=O) groups is 2. The number of amides is 2. The van der Waals surface area contributed by atoms with Crippen LogP contribution < -0.4 is 5.32 Å². The third-order valence-corrected chi connectivity index (χ3v) is 4.66. The van der Waals surface area contributed by atoms with Gasteiger partial charge in [-0.3, -0.25) is 9.59 Å². The molecule has 144 valence electrons. The van der Waals surface area contributed by atoms with E-state index in [1.165, 1.54) is 17.9 Å². The third-order valence-electron chi connectivity index (χ3n) is 4.66. The molecule has 1 atom stereocenters. The van der Waals surface area contributed by atoms with Crippen molar-refractivity contribution in [3.05, 3.63) is 41.2 Å². The molecule has 3 rings (SSSR count). The molecule has 2 aliphatic heterocycles. The van der Waals surface area contributed by atoms with Crippen molar-refractivity contribution in [3.8, 4) is 0 Å². The maximum absolute atomic E-state index is 14.6. The number of hydrogen-bond donors (Lipinski definition) is 2. The van der Waals surface area contributed by atoms with Crippen LogP contribution in [-0.2, 0) is 14.4 Å². The van der Waals surface area contributed by atoms with E-state index in [2.05, 4.69) is 10.5 Å². The average molecular weight is 375 g/mol. The van der Waals surface area contributed by atoms with Crippen molar-refractivity contribution >= 4 is 23.1 Å². The maximum atomic E-state index is 14.6. The van der Waals surface area contributed by atoms with E-state index in [1.807, 2.05) is 6.08 Å². The highest BCUT2D eigenvalue weighted by Gasteiger charge is 2.24. The van der Waals surface area contributed by atoms with Gasteiger partial charge in [0.05, 0.1) is 12.3 Å². The van der Waals surface area contributed by atoms with Gasteiger partial charge in [-0.25, -0.2) is 4.39 Å². The molecule has 27 heavy (non-hydrogen) atoms. The summed E-state index contributed by atoms with van der Waals surface area (Å²) in [6.07, 6.45) is 2.60. The SMILES string of the molecule is CC(=O)NC[C@H]1CC(c2ccc(C3=CCN(C(=O)CO)CC3)c(F)c2)=NO1. The Morgan fingerprint density at radius 3 is 2.89 bits per heavy atom. The van der Waals surface area contributed by atoms with Gasteiger partial charge in [0.15, 0.2) is 0 Å². The number of aliphatic hydroxyl groups excluding tert-OH is 1. The molecular weight excluding hydrogens is 353 g/mol. The molecule has 1 aromatic carbocycles. The lowest BCUT2D eigenvalue weighted by Crippen LogP contribution is -2.36. The van der Waals surface area contributed by atoms with Crippen molar-refractivity contribution in [1.29, 1.82) is 0 Å². The summed E-state index contributed by atoms with van der Waals surface area (Å²) in [6.45, 7) is 2.10. The summed E-state index contributed by atoms with van der Waals surface area (Å²) >= 11 is 0. The fourth-order valence-electron chi connectivity index (χ4n) is 3.16. The second-order valence-corrected chi connectivity index (χ2v) is 6.58. The van der Waals surface area contributed by atoms with Crippen LogP contribution in [0.15, 0.2) is 29.4 Å². The molecule has 7 nitrogen and oxygen atoms in total. The predicted molar refractivity (Wildman–Crippen MR) is 97.4 cm³/mol. The largest absolute Gasteiger partial charge is 0.390 e. The zero-order valence-electron chi connectivity index (χ0n) is 15.1. The second-order valence-electron chi connectivity index (χ2n) is 6.58. The van der Waals surface area contributed by atoms with Crippen LogP contribution in [0.2, 0.25) is 0 Å². The number of rotatable bonds is 5. The quantitative estimate of drug-likeness (QED) is 0.805. The number of nitrogens with zero attached hydrogens (tertiary/aromatic N) is 2. The van der Waals surface area contributed by atoms with Crippen LogP contribution in [0.3, 0.4) is 0 Å². The smallest absolute Gasteiger partial charge is 0.248 e. The number of oxime groups is 1. The molecule has 0 bridgehead atoms. The minimum atomic E-state index is -0.515. The van der Waals surface area contributed by atoms with Crippen LogP contribution in [0.5, 0.6) is 0 Å². The second kappa shape index (κ2) is 8.30. The summed E-state index contributed by atoms with van der Waals surface area (Å²) in [4.78, 5) is 29.3. The molecule has 0 aliphatic carbocycles. The Labute approximate surface area is 156 Å². The highest BCUT2D eigenvalue weighted by atomic mass is 19.1. The van der Waals surface area contributed by atoms with Crippen molar-refractivity contribution in [3.63, 3.8) is 0 Å². The van der Waals surface area contributed by atoms with Crippen LogP contribution in [0.4, 0.5) is 4.39 Å². The van der Waals surface area contributed by atoms with Gasteiger partial charge in [-0.1, -0.05) is 23.4 Å². The van der Waals surface area contributed by atoms with Crippen molar-refractivity contribution < 1.29 is 23.9 Å². The Hall–Kier alpha value is -2.74. The van der Waals surface area contributed by atoms with Crippen molar-refractivity contribution in [2.45, 2.75) is 25.9 Å².